The third kappa shape index (κ3) is 2.28. The van der Waals surface area contributed by atoms with E-state index >= 15 is 0 Å². The minimum absolute atomic E-state index is 0.228. The molecule has 1 fully saturated rings. The normalized spacial score (nSPS) is 22.4. The van der Waals surface area contributed by atoms with Crippen molar-refractivity contribution in [2.75, 3.05) is 5.75 Å². The first kappa shape index (κ1) is 13.4. The molecule has 0 saturated heterocycles. The summed E-state index contributed by atoms with van der Waals surface area (Å²) in [6.07, 6.45) is 3.38. The topological polar surface area (TPSA) is 68.0 Å². The first-order chi connectivity index (χ1) is 9.70. The fraction of sp³-hybridized carbons (Fsp3) is 0.500. The van der Waals surface area contributed by atoms with E-state index in [9.17, 15) is 9.90 Å². The maximum Gasteiger partial charge on any atom is 0.338 e. The summed E-state index contributed by atoms with van der Waals surface area (Å²) in [4.78, 5) is 11.2. The van der Waals surface area contributed by atoms with E-state index in [1.54, 1.807) is 12.1 Å². The Bertz CT molecular complexity index is 640. The monoisotopic (exact) mass is 291 g/mol. The molecule has 3 rings (SSSR count). The highest BCUT2D eigenvalue weighted by atomic mass is 32.2. The quantitative estimate of drug-likeness (QED) is 0.938. The van der Waals surface area contributed by atoms with Crippen LogP contribution < -0.4 is 0 Å². The van der Waals surface area contributed by atoms with Crippen molar-refractivity contribution in [3.8, 4) is 0 Å². The standard InChI is InChI=1S/C14H17N3O2S/c1-2-20-10-7-6-9(8-10)17-12-5-3-4-11(14(18)19)13(12)15-16-17/h3-5,9-10H,2,6-8H2,1H3,(H,18,19). The maximum atomic E-state index is 11.2. The van der Waals surface area contributed by atoms with Crippen LogP contribution in [0.1, 0.15) is 42.6 Å². The smallest absolute Gasteiger partial charge is 0.338 e. The predicted molar refractivity (Wildman–Crippen MR) is 79.3 cm³/mol. The van der Waals surface area contributed by atoms with Crippen molar-refractivity contribution in [3.63, 3.8) is 0 Å². The molecule has 20 heavy (non-hydrogen) atoms. The molecule has 1 heterocycles. The first-order valence-corrected chi connectivity index (χ1v) is 7.94. The van der Waals surface area contributed by atoms with Gasteiger partial charge in [0.05, 0.1) is 17.1 Å². The van der Waals surface area contributed by atoms with Gasteiger partial charge in [-0.05, 0) is 37.1 Å². The van der Waals surface area contributed by atoms with Gasteiger partial charge in [-0.2, -0.15) is 11.8 Å². The van der Waals surface area contributed by atoms with Crippen molar-refractivity contribution in [1.29, 1.82) is 0 Å². The number of thioether (sulfide) groups is 1. The lowest BCUT2D eigenvalue weighted by Crippen LogP contribution is -2.08. The molecule has 0 aliphatic heterocycles. The summed E-state index contributed by atoms with van der Waals surface area (Å²) >= 11 is 2.00. The third-order valence-corrected chi connectivity index (χ3v) is 5.07. The average molecular weight is 291 g/mol. The molecule has 6 heteroatoms. The van der Waals surface area contributed by atoms with Crippen molar-refractivity contribution in [3.05, 3.63) is 23.8 Å². The van der Waals surface area contributed by atoms with Crippen LogP contribution in [0.4, 0.5) is 0 Å². The molecule has 1 saturated carbocycles. The van der Waals surface area contributed by atoms with Gasteiger partial charge in [0.1, 0.15) is 5.52 Å². The number of aromatic nitrogens is 3. The number of carboxylic acid groups (broad SMARTS) is 1. The van der Waals surface area contributed by atoms with Crippen LogP contribution in [-0.2, 0) is 0 Å². The Morgan fingerprint density at radius 1 is 1.50 bits per heavy atom. The van der Waals surface area contributed by atoms with Gasteiger partial charge in [-0.1, -0.05) is 18.2 Å². The van der Waals surface area contributed by atoms with Crippen LogP contribution in [0.3, 0.4) is 0 Å². The van der Waals surface area contributed by atoms with Gasteiger partial charge in [0.25, 0.3) is 0 Å². The first-order valence-electron chi connectivity index (χ1n) is 6.89. The minimum atomic E-state index is -0.950. The van der Waals surface area contributed by atoms with Crippen LogP contribution in [0.5, 0.6) is 0 Å². The summed E-state index contributed by atoms with van der Waals surface area (Å²) in [6, 6.07) is 5.59. The Morgan fingerprint density at radius 2 is 2.35 bits per heavy atom. The third-order valence-electron chi connectivity index (χ3n) is 3.84. The molecule has 0 bridgehead atoms. The summed E-state index contributed by atoms with van der Waals surface area (Å²) < 4.78 is 1.91. The Hall–Kier alpha value is -1.56. The Morgan fingerprint density at radius 3 is 3.10 bits per heavy atom. The fourth-order valence-corrected chi connectivity index (χ4v) is 4.06. The van der Waals surface area contributed by atoms with Gasteiger partial charge in [-0.25, -0.2) is 9.48 Å². The maximum absolute atomic E-state index is 11.2. The number of hydrogen-bond acceptors (Lipinski definition) is 4. The zero-order valence-electron chi connectivity index (χ0n) is 11.3. The zero-order valence-corrected chi connectivity index (χ0v) is 12.1. The van der Waals surface area contributed by atoms with E-state index in [4.69, 9.17) is 0 Å². The van der Waals surface area contributed by atoms with Crippen molar-refractivity contribution in [1.82, 2.24) is 15.0 Å². The Kier molecular flexibility index (Phi) is 3.65. The van der Waals surface area contributed by atoms with Gasteiger partial charge in [-0.15, -0.1) is 5.10 Å². The molecule has 1 aromatic heterocycles. The second kappa shape index (κ2) is 5.44. The molecule has 0 spiro atoms. The Labute approximate surface area is 121 Å². The SMILES string of the molecule is CCSC1CCC(n2nnc3c(C(=O)O)cccc32)C1. The van der Waals surface area contributed by atoms with Gasteiger partial charge in [0.2, 0.25) is 0 Å². The van der Waals surface area contributed by atoms with Crippen LogP contribution in [0.25, 0.3) is 11.0 Å². The molecular formula is C14H17N3O2S. The average Bonchev–Trinajstić information content (AvgIpc) is 3.04. The van der Waals surface area contributed by atoms with E-state index < -0.39 is 5.97 Å². The van der Waals surface area contributed by atoms with E-state index in [2.05, 4.69) is 17.2 Å². The van der Waals surface area contributed by atoms with Crippen LogP contribution in [0.2, 0.25) is 0 Å². The molecule has 1 N–H and O–H groups in total. The van der Waals surface area contributed by atoms with Gasteiger partial charge in [0, 0.05) is 5.25 Å². The molecule has 1 aromatic carbocycles. The van der Waals surface area contributed by atoms with E-state index in [0.29, 0.717) is 16.8 Å². The number of aromatic carboxylic acids is 1. The lowest BCUT2D eigenvalue weighted by Gasteiger charge is -2.11. The molecule has 0 amide bonds. The fourth-order valence-electron chi connectivity index (χ4n) is 2.93. The van der Waals surface area contributed by atoms with Gasteiger partial charge in [-0.3, -0.25) is 0 Å². The van der Waals surface area contributed by atoms with Crippen LogP contribution >= 0.6 is 11.8 Å². The summed E-state index contributed by atoms with van der Waals surface area (Å²) in [7, 11) is 0. The molecule has 2 unspecified atom stereocenters. The molecule has 1 aliphatic carbocycles. The number of hydrogen-bond donors (Lipinski definition) is 1. The Balaban J connectivity index is 1.94. The number of carbonyl (C=O) groups is 1. The van der Waals surface area contributed by atoms with E-state index in [1.165, 1.54) is 6.42 Å². The number of fused-ring (bicyclic) bond motifs is 1. The minimum Gasteiger partial charge on any atom is -0.478 e. The highest BCUT2D eigenvalue weighted by molar-refractivity contribution is 7.99. The summed E-state index contributed by atoms with van der Waals surface area (Å²) in [6.45, 7) is 2.18. The predicted octanol–water partition coefficient (Wildman–Crippen LogP) is 2.98. The van der Waals surface area contributed by atoms with Crippen molar-refractivity contribution in [2.24, 2.45) is 0 Å². The van der Waals surface area contributed by atoms with Crippen LogP contribution in [0, 0.1) is 0 Å². The second-order valence-electron chi connectivity index (χ2n) is 5.06. The van der Waals surface area contributed by atoms with Crippen molar-refractivity contribution >= 4 is 28.8 Å². The van der Waals surface area contributed by atoms with Crippen LogP contribution in [-0.4, -0.2) is 37.1 Å². The van der Waals surface area contributed by atoms with Gasteiger partial charge >= 0.3 is 5.97 Å². The number of benzene rings is 1. The molecular weight excluding hydrogens is 274 g/mol. The molecule has 2 aromatic rings. The van der Waals surface area contributed by atoms with Gasteiger partial charge in [0.15, 0.2) is 0 Å². The van der Waals surface area contributed by atoms with Crippen molar-refractivity contribution < 1.29 is 9.90 Å². The number of rotatable bonds is 4. The number of carboxylic acids is 1. The summed E-state index contributed by atoms with van der Waals surface area (Å²) in [5.41, 5.74) is 1.55. The molecule has 0 radical (unpaired) electrons. The molecule has 106 valence electrons. The van der Waals surface area contributed by atoms with E-state index in [-0.39, 0.29) is 5.56 Å². The summed E-state index contributed by atoms with van der Waals surface area (Å²) in [5.74, 6) is 0.187. The molecule has 5 nitrogen and oxygen atoms in total. The lowest BCUT2D eigenvalue weighted by molar-refractivity contribution is 0.0699. The molecule has 1 aliphatic rings. The lowest BCUT2D eigenvalue weighted by atomic mass is 10.1. The highest BCUT2D eigenvalue weighted by Gasteiger charge is 2.28. The van der Waals surface area contributed by atoms with Gasteiger partial charge < -0.3 is 5.11 Å². The van der Waals surface area contributed by atoms with E-state index in [0.717, 1.165) is 24.1 Å². The van der Waals surface area contributed by atoms with Crippen LogP contribution in [0.15, 0.2) is 18.2 Å². The largest absolute Gasteiger partial charge is 0.478 e. The second-order valence-corrected chi connectivity index (χ2v) is 6.63. The zero-order chi connectivity index (χ0) is 14.1. The molecule has 2 atom stereocenters. The van der Waals surface area contributed by atoms with E-state index in [1.807, 2.05) is 22.5 Å². The van der Waals surface area contributed by atoms with Crippen molar-refractivity contribution in [2.45, 2.75) is 37.5 Å². The summed E-state index contributed by atoms with van der Waals surface area (Å²) in [5, 5.41) is 18.2. The highest BCUT2D eigenvalue weighted by Crippen LogP contribution is 2.37. The number of nitrogens with zero attached hydrogens (tertiary/aromatic N) is 3.